The van der Waals surface area contributed by atoms with Crippen molar-refractivity contribution in [3.8, 4) is 0 Å². The number of fused-ring (bicyclic) bond motifs is 1. The van der Waals surface area contributed by atoms with Gasteiger partial charge in [0.25, 0.3) is 0 Å². The third-order valence-corrected chi connectivity index (χ3v) is 4.45. The van der Waals surface area contributed by atoms with Gasteiger partial charge in [0.2, 0.25) is 5.91 Å². The van der Waals surface area contributed by atoms with Gasteiger partial charge in [-0.25, -0.2) is 0 Å². The van der Waals surface area contributed by atoms with Crippen molar-refractivity contribution in [2.75, 3.05) is 0 Å². The Bertz CT molecular complexity index is 459. The van der Waals surface area contributed by atoms with Crippen LogP contribution >= 0.6 is 0 Å². The highest BCUT2D eigenvalue weighted by atomic mass is 16.5. The zero-order valence-corrected chi connectivity index (χ0v) is 11.0. The van der Waals surface area contributed by atoms with Gasteiger partial charge in [0.1, 0.15) is 12.3 Å². The molecule has 5 atom stereocenters. The van der Waals surface area contributed by atoms with Crippen LogP contribution in [-0.4, -0.2) is 23.1 Å². The van der Waals surface area contributed by atoms with Crippen molar-refractivity contribution >= 4 is 5.91 Å². The van der Waals surface area contributed by atoms with Crippen LogP contribution in [0.25, 0.3) is 0 Å². The highest BCUT2D eigenvalue weighted by molar-refractivity contribution is 5.82. The summed E-state index contributed by atoms with van der Waals surface area (Å²) in [5.74, 6) is 0.585. The molecule has 2 aliphatic heterocycles. The van der Waals surface area contributed by atoms with Gasteiger partial charge in [0.05, 0.1) is 6.04 Å². The minimum atomic E-state index is -0.0484. The first kappa shape index (κ1) is 11.7. The van der Waals surface area contributed by atoms with Gasteiger partial charge >= 0.3 is 0 Å². The molecule has 0 N–H and O–H groups in total. The third kappa shape index (κ3) is 1.50. The second-order valence-corrected chi connectivity index (χ2v) is 5.49. The quantitative estimate of drug-likeness (QED) is 0.761. The van der Waals surface area contributed by atoms with Crippen LogP contribution in [0.4, 0.5) is 0 Å². The molecule has 2 fully saturated rings. The van der Waals surface area contributed by atoms with Crippen molar-refractivity contribution in [3.63, 3.8) is 0 Å². The van der Waals surface area contributed by atoms with Crippen molar-refractivity contribution in [2.24, 2.45) is 11.8 Å². The largest absolute Gasteiger partial charge is 0.348 e. The Kier molecular flexibility index (Phi) is 2.67. The Morgan fingerprint density at radius 3 is 2.39 bits per heavy atom. The van der Waals surface area contributed by atoms with Crippen LogP contribution in [0.1, 0.15) is 32.4 Å². The summed E-state index contributed by atoms with van der Waals surface area (Å²) in [7, 11) is 0. The molecule has 0 spiro atoms. The molecule has 1 aromatic rings. The number of nitrogens with zero attached hydrogens (tertiary/aromatic N) is 1. The predicted octanol–water partition coefficient (Wildman–Crippen LogP) is 2.59. The lowest BCUT2D eigenvalue weighted by Crippen LogP contribution is -2.36. The standard InChI is InChI=1S/C15H19NO2/c1-9-10(2)15-16(14(9)17)11(3)13(18-15)12-7-5-4-6-8-12/h4-11,13,15H,1-3H3/t9-,10+,11-,13-,15+/m0/s1. The van der Waals surface area contributed by atoms with Crippen LogP contribution in [-0.2, 0) is 9.53 Å². The molecule has 96 valence electrons. The lowest BCUT2D eigenvalue weighted by Gasteiger charge is -2.21. The lowest BCUT2D eigenvalue weighted by atomic mass is 9.98. The fraction of sp³-hybridized carbons (Fsp3) is 0.533. The van der Waals surface area contributed by atoms with E-state index in [1.165, 1.54) is 0 Å². The van der Waals surface area contributed by atoms with Crippen molar-refractivity contribution in [2.45, 2.75) is 39.1 Å². The molecular weight excluding hydrogens is 226 g/mol. The molecule has 3 heteroatoms. The first-order chi connectivity index (χ1) is 8.61. The third-order valence-electron chi connectivity index (χ3n) is 4.45. The van der Waals surface area contributed by atoms with Crippen LogP contribution in [0.15, 0.2) is 30.3 Å². The van der Waals surface area contributed by atoms with Crippen molar-refractivity contribution in [1.29, 1.82) is 0 Å². The van der Waals surface area contributed by atoms with Gasteiger partial charge in [-0.3, -0.25) is 4.79 Å². The van der Waals surface area contributed by atoms with E-state index < -0.39 is 0 Å². The summed E-state index contributed by atoms with van der Waals surface area (Å²) >= 11 is 0. The topological polar surface area (TPSA) is 29.5 Å². The minimum Gasteiger partial charge on any atom is -0.348 e. The number of hydrogen-bond donors (Lipinski definition) is 0. The van der Waals surface area contributed by atoms with E-state index in [-0.39, 0.29) is 36.1 Å². The highest BCUT2D eigenvalue weighted by Gasteiger charge is 2.53. The van der Waals surface area contributed by atoms with E-state index in [2.05, 4.69) is 26.0 Å². The molecule has 0 unspecified atom stereocenters. The van der Waals surface area contributed by atoms with Crippen LogP contribution in [0, 0.1) is 11.8 Å². The predicted molar refractivity (Wildman–Crippen MR) is 68.7 cm³/mol. The maximum atomic E-state index is 12.2. The fourth-order valence-electron chi connectivity index (χ4n) is 3.12. The Balaban J connectivity index is 1.90. The van der Waals surface area contributed by atoms with E-state index in [0.717, 1.165) is 5.56 Å². The normalized spacial score (nSPS) is 39.2. The number of ether oxygens (including phenoxy) is 1. The Morgan fingerprint density at radius 2 is 1.78 bits per heavy atom. The smallest absolute Gasteiger partial charge is 0.228 e. The first-order valence-electron chi connectivity index (χ1n) is 6.64. The Labute approximate surface area is 108 Å². The maximum Gasteiger partial charge on any atom is 0.228 e. The highest BCUT2D eigenvalue weighted by Crippen LogP contribution is 2.44. The van der Waals surface area contributed by atoms with Crippen LogP contribution in [0.3, 0.4) is 0 Å². The molecule has 2 aliphatic rings. The number of benzene rings is 1. The van der Waals surface area contributed by atoms with Crippen LogP contribution in [0.5, 0.6) is 0 Å². The molecule has 0 radical (unpaired) electrons. The van der Waals surface area contributed by atoms with Gasteiger partial charge in [-0.05, 0) is 12.5 Å². The number of carbonyl (C=O) groups is 1. The number of rotatable bonds is 1. The summed E-state index contributed by atoms with van der Waals surface area (Å²) in [6, 6.07) is 10.3. The summed E-state index contributed by atoms with van der Waals surface area (Å²) in [5, 5.41) is 0. The second kappa shape index (κ2) is 4.09. The van der Waals surface area contributed by atoms with Crippen molar-refractivity contribution in [3.05, 3.63) is 35.9 Å². The van der Waals surface area contributed by atoms with Gasteiger partial charge in [0, 0.05) is 11.8 Å². The average Bonchev–Trinajstić information content (AvgIpc) is 2.84. The molecular formula is C15H19NO2. The van der Waals surface area contributed by atoms with E-state index >= 15 is 0 Å². The van der Waals surface area contributed by atoms with Gasteiger partial charge in [-0.2, -0.15) is 0 Å². The number of amides is 1. The van der Waals surface area contributed by atoms with Gasteiger partial charge in [-0.1, -0.05) is 44.2 Å². The molecule has 0 aromatic heterocycles. The molecule has 18 heavy (non-hydrogen) atoms. The number of carbonyl (C=O) groups excluding carboxylic acids is 1. The van der Waals surface area contributed by atoms with E-state index in [4.69, 9.17) is 4.74 Å². The van der Waals surface area contributed by atoms with Gasteiger partial charge < -0.3 is 9.64 Å². The molecule has 3 nitrogen and oxygen atoms in total. The maximum absolute atomic E-state index is 12.2. The molecule has 2 saturated heterocycles. The monoisotopic (exact) mass is 245 g/mol. The van der Waals surface area contributed by atoms with E-state index in [9.17, 15) is 4.79 Å². The average molecular weight is 245 g/mol. The van der Waals surface area contributed by atoms with Crippen molar-refractivity contribution in [1.82, 2.24) is 4.90 Å². The zero-order valence-electron chi connectivity index (χ0n) is 11.0. The summed E-state index contributed by atoms with van der Waals surface area (Å²) in [6.07, 6.45) is -0.0391. The van der Waals surface area contributed by atoms with Crippen LogP contribution < -0.4 is 0 Å². The van der Waals surface area contributed by atoms with Crippen molar-refractivity contribution < 1.29 is 9.53 Å². The minimum absolute atomic E-state index is 0.00935. The zero-order chi connectivity index (χ0) is 12.9. The number of hydrogen-bond acceptors (Lipinski definition) is 2. The van der Waals surface area contributed by atoms with Crippen LogP contribution in [0.2, 0.25) is 0 Å². The van der Waals surface area contributed by atoms with E-state index in [0.29, 0.717) is 0 Å². The van der Waals surface area contributed by atoms with Gasteiger partial charge in [-0.15, -0.1) is 0 Å². The summed E-state index contributed by atoms with van der Waals surface area (Å²) in [6.45, 7) is 6.19. The molecule has 0 saturated carbocycles. The summed E-state index contributed by atoms with van der Waals surface area (Å²) in [5.41, 5.74) is 1.16. The Hall–Kier alpha value is -1.35. The molecule has 0 aliphatic carbocycles. The SMILES string of the molecule is C[C@@H]1[C@H](C)C(=O)N2[C@@H]1O[C@H](c1ccccc1)[C@@H]2C. The van der Waals surface area contributed by atoms with E-state index in [1.54, 1.807) is 0 Å². The molecule has 1 aromatic carbocycles. The lowest BCUT2D eigenvalue weighted by molar-refractivity contribution is -0.133. The van der Waals surface area contributed by atoms with E-state index in [1.807, 2.05) is 30.0 Å². The second-order valence-electron chi connectivity index (χ2n) is 5.49. The molecule has 2 heterocycles. The summed E-state index contributed by atoms with van der Waals surface area (Å²) < 4.78 is 6.14. The fourth-order valence-corrected chi connectivity index (χ4v) is 3.12. The Morgan fingerprint density at radius 1 is 1.11 bits per heavy atom. The molecule has 1 amide bonds. The molecule has 0 bridgehead atoms. The van der Waals surface area contributed by atoms with Gasteiger partial charge in [0.15, 0.2) is 0 Å². The first-order valence-corrected chi connectivity index (χ1v) is 6.64. The summed E-state index contributed by atoms with van der Waals surface area (Å²) in [4.78, 5) is 14.2. The molecule has 3 rings (SSSR count).